The number of rotatable bonds is 8. The highest BCUT2D eigenvalue weighted by atomic mass is 35.5. The van der Waals surface area contributed by atoms with Gasteiger partial charge in [-0.2, -0.15) is 0 Å². The van der Waals surface area contributed by atoms with Crippen molar-refractivity contribution in [3.05, 3.63) is 58.6 Å². The van der Waals surface area contributed by atoms with E-state index in [0.29, 0.717) is 30.3 Å². The quantitative estimate of drug-likeness (QED) is 0.713. The first kappa shape index (κ1) is 19.1. The number of carbonyl (C=O) groups is 1. The summed E-state index contributed by atoms with van der Waals surface area (Å²) >= 11 is 5.85. The monoisotopic (exact) mass is 361 g/mol. The van der Waals surface area contributed by atoms with Crippen LogP contribution >= 0.6 is 11.6 Å². The summed E-state index contributed by atoms with van der Waals surface area (Å²) in [6.07, 6.45) is 0.0368. The number of aryl methyl sites for hydroxylation is 2. The van der Waals surface area contributed by atoms with Gasteiger partial charge in [0.1, 0.15) is 18.1 Å². The predicted molar refractivity (Wildman–Crippen MR) is 101 cm³/mol. The van der Waals surface area contributed by atoms with Crippen LogP contribution in [0.4, 0.5) is 0 Å². The van der Waals surface area contributed by atoms with Crippen molar-refractivity contribution in [2.45, 2.75) is 33.3 Å². The molecular formula is C20H24ClNO3. The minimum Gasteiger partial charge on any atom is -0.492 e. The fourth-order valence-electron chi connectivity index (χ4n) is 2.26. The number of carbonyl (C=O) groups excluding carboxylic acids is 1. The average Bonchev–Trinajstić information content (AvgIpc) is 2.61. The third-order valence-electron chi connectivity index (χ3n) is 3.90. The molecule has 0 fully saturated rings. The minimum atomic E-state index is -0.539. The lowest BCUT2D eigenvalue weighted by Crippen LogP contribution is -2.39. The molecule has 0 spiro atoms. The molecule has 2 aromatic carbocycles. The van der Waals surface area contributed by atoms with Crippen molar-refractivity contribution < 1.29 is 14.3 Å². The second-order valence-electron chi connectivity index (χ2n) is 5.85. The maximum absolute atomic E-state index is 12.2. The van der Waals surface area contributed by atoms with E-state index in [1.165, 1.54) is 11.1 Å². The lowest BCUT2D eigenvalue weighted by atomic mass is 10.1. The Morgan fingerprint density at radius 1 is 1.08 bits per heavy atom. The third-order valence-corrected chi connectivity index (χ3v) is 4.16. The van der Waals surface area contributed by atoms with Gasteiger partial charge in [0.15, 0.2) is 6.10 Å². The molecule has 0 heterocycles. The molecule has 0 aromatic heterocycles. The van der Waals surface area contributed by atoms with Crippen molar-refractivity contribution in [2.75, 3.05) is 13.2 Å². The zero-order valence-corrected chi connectivity index (χ0v) is 15.6. The summed E-state index contributed by atoms with van der Waals surface area (Å²) < 4.78 is 11.4. The van der Waals surface area contributed by atoms with E-state index in [-0.39, 0.29) is 5.91 Å². The van der Waals surface area contributed by atoms with Gasteiger partial charge in [0.2, 0.25) is 0 Å². The van der Waals surface area contributed by atoms with Crippen LogP contribution in [0.1, 0.15) is 24.5 Å². The van der Waals surface area contributed by atoms with E-state index >= 15 is 0 Å². The van der Waals surface area contributed by atoms with Gasteiger partial charge in [0.25, 0.3) is 5.91 Å². The first-order valence-electron chi connectivity index (χ1n) is 8.39. The molecule has 1 amide bonds. The molecule has 0 saturated carbocycles. The van der Waals surface area contributed by atoms with Crippen molar-refractivity contribution in [2.24, 2.45) is 0 Å². The summed E-state index contributed by atoms with van der Waals surface area (Å²) in [7, 11) is 0. The summed E-state index contributed by atoms with van der Waals surface area (Å²) in [5.41, 5.74) is 2.41. The second-order valence-corrected chi connectivity index (χ2v) is 6.29. The predicted octanol–water partition coefficient (Wildman–Crippen LogP) is 4.31. The maximum atomic E-state index is 12.2. The SMILES string of the molecule is CC[C@@H](Oc1ccc(Cl)cc1)C(=O)NCCOc1ccc(C)c(C)c1. The number of halogens is 1. The summed E-state index contributed by atoms with van der Waals surface area (Å²) in [4.78, 5) is 12.2. The molecular weight excluding hydrogens is 338 g/mol. The Kier molecular flexibility index (Phi) is 7.14. The number of hydrogen-bond acceptors (Lipinski definition) is 3. The van der Waals surface area contributed by atoms with Crippen LogP contribution in [0.5, 0.6) is 11.5 Å². The molecule has 0 aliphatic carbocycles. The lowest BCUT2D eigenvalue weighted by molar-refractivity contribution is -0.128. The van der Waals surface area contributed by atoms with E-state index in [9.17, 15) is 4.79 Å². The van der Waals surface area contributed by atoms with E-state index < -0.39 is 6.10 Å². The first-order chi connectivity index (χ1) is 12.0. The molecule has 5 heteroatoms. The first-order valence-corrected chi connectivity index (χ1v) is 8.77. The van der Waals surface area contributed by atoms with E-state index in [2.05, 4.69) is 12.2 Å². The second kappa shape index (κ2) is 9.33. The maximum Gasteiger partial charge on any atom is 0.261 e. The number of hydrogen-bond donors (Lipinski definition) is 1. The van der Waals surface area contributed by atoms with Crippen LogP contribution in [-0.2, 0) is 4.79 Å². The Morgan fingerprint density at radius 2 is 1.76 bits per heavy atom. The highest BCUT2D eigenvalue weighted by Gasteiger charge is 2.17. The molecule has 25 heavy (non-hydrogen) atoms. The topological polar surface area (TPSA) is 47.6 Å². The van der Waals surface area contributed by atoms with Gasteiger partial charge in [0.05, 0.1) is 6.54 Å². The van der Waals surface area contributed by atoms with Crippen LogP contribution in [0.3, 0.4) is 0 Å². The minimum absolute atomic E-state index is 0.152. The summed E-state index contributed by atoms with van der Waals surface area (Å²) in [5.74, 6) is 1.28. The van der Waals surface area contributed by atoms with Crippen LogP contribution in [-0.4, -0.2) is 25.2 Å². The summed E-state index contributed by atoms with van der Waals surface area (Å²) in [5, 5.41) is 3.48. The smallest absolute Gasteiger partial charge is 0.261 e. The summed E-state index contributed by atoms with van der Waals surface area (Å²) in [6.45, 7) is 6.85. The Morgan fingerprint density at radius 3 is 2.40 bits per heavy atom. The van der Waals surface area contributed by atoms with Crippen LogP contribution in [0.25, 0.3) is 0 Å². The van der Waals surface area contributed by atoms with Crippen molar-refractivity contribution >= 4 is 17.5 Å². The zero-order valence-electron chi connectivity index (χ0n) is 14.8. The van der Waals surface area contributed by atoms with Crippen molar-refractivity contribution in [3.63, 3.8) is 0 Å². The van der Waals surface area contributed by atoms with E-state index in [4.69, 9.17) is 21.1 Å². The summed E-state index contributed by atoms with van der Waals surface area (Å²) in [6, 6.07) is 12.9. The lowest BCUT2D eigenvalue weighted by Gasteiger charge is -2.17. The van der Waals surface area contributed by atoms with Crippen molar-refractivity contribution in [3.8, 4) is 11.5 Å². The highest BCUT2D eigenvalue weighted by Crippen LogP contribution is 2.18. The van der Waals surface area contributed by atoms with Gasteiger partial charge >= 0.3 is 0 Å². The van der Waals surface area contributed by atoms with Gasteiger partial charge in [0, 0.05) is 5.02 Å². The standard InChI is InChI=1S/C20H24ClNO3/c1-4-19(25-17-9-6-16(21)7-10-17)20(23)22-11-12-24-18-8-5-14(2)15(3)13-18/h5-10,13,19H,4,11-12H2,1-3H3,(H,22,23)/t19-/m1/s1. The van der Waals surface area contributed by atoms with Crippen LogP contribution in [0, 0.1) is 13.8 Å². The molecule has 0 radical (unpaired) electrons. The van der Waals surface area contributed by atoms with E-state index in [1.807, 2.05) is 32.0 Å². The molecule has 0 aliphatic heterocycles. The number of ether oxygens (including phenoxy) is 2. The fourth-order valence-corrected chi connectivity index (χ4v) is 2.39. The molecule has 134 valence electrons. The Bertz CT molecular complexity index is 701. The molecule has 1 N–H and O–H groups in total. The van der Waals surface area contributed by atoms with Gasteiger partial charge in [-0.15, -0.1) is 0 Å². The van der Waals surface area contributed by atoms with Gasteiger partial charge in [-0.1, -0.05) is 24.6 Å². The molecule has 0 unspecified atom stereocenters. The molecule has 0 aliphatic rings. The Labute approximate surface area is 154 Å². The normalized spacial score (nSPS) is 11.7. The van der Waals surface area contributed by atoms with E-state index in [1.54, 1.807) is 24.3 Å². The van der Waals surface area contributed by atoms with Crippen LogP contribution in [0.2, 0.25) is 5.02 Å². The van der Waals surface area contributed by atoms with Crippen molar-refractivity contribution in [1.29, 1.82) is 0 Å². The Balaban J connectivity index is 1.77. The average molecular weight is 362 g/mol. The van der Waals surface area contributed by atoms with Crippen molar-refractivity contribution in [1.82, 2.24) is 5.32 Å². The number of benzene rings is 2. The molecule has 0 saturated heterocycles. The number of nitrogens with one attached hydrogen (secondary N) is 1. The third kappa shape index (κ3) is 5.98. The molecule has 0 bridgehead atoms. The Hall–Kier alpha value is -2.20. The molecule has 2 rings (SSSR count). The molecule has 4 nitrogen and oxygen atoms in total. The molecule has 1 atom stereocenters. The largest absolute Gasteiger partial charge is 0.492 e. The highest BCUT2D eigenvalue weighted by molar-refractivity contribution is 6.30. The van der Waals surface area contributed by atoms with Gasteiger partial charge in [-0.3, -0.25) is 4.79 Å². The number of amides is 1. The zero-order chi connectivity index (χ0) is 18.2. The van der Waals surface area contributed by atoms with E-state index in [0.717, 1.165) is 5.75 Å². The van der Waals surface area contributed by atoms with Gasteiger partial charge < -0.3 is 14.8 Å². The fraction of sp³-hybridized carbons (Fsp3) is 0.350. The van der Waals surface area contributed by atoms with Gasteiger partial charge in [-0.25, -0.2) is 0 Å². The van der Waals surface area contributed by atoms with Crippen LogP contribution < -0.4 is 14.8 Å². The van der Waals surface area contributed by atoms with Crippen LogP contribution in [0.15, 0.2) is 42.5 Å². The molecule has 2 aromatic rings. The van der Waals surface area contributed by atoms with Gasteiger partial charge in [-0.05, 0) is 67.8 Å².